The molecule has 0 radical (unpaired) electrons. The Morgan fingerprint density at radius 2 is 1.57 bits per heavy atom. The molecular formula is C36H41F4N3O. The van der Waals surface area contributed by atoms with Gasteiger partial charge in [0.15, 0.2) is 0 Å². The van der Waals surface area contributed by atoms with Gasteiger partial charge in [-0.3, -0.25) is 4.90 Å². The van der Waals surface area contributed by atoms with Crippen molar-refractivity contribution in [2.75, 3.05) is 6.54 Å². The van der Waals surface area contributed by atoms with Gasteiger partial charge < -0.3 is 9.30 Å². The SMILES string of the molecule is CCCCn1c(-c2ccccc2)nc(-c2ccccc2)c1CN(Cc1cccc(OC(F)(F)C(F)F)c1)CC1CCCCC1. The summed E-state index contributed by atoms with van der Waals surface area (Å²) in [5.74, 6) is 1.18. The molecule has 0 saturated heterocycles. The predicted molar refractivity (Wildman–Crippen MR) is 167 cm³/mol. The molecule has 1 aliphatic rings. The standard InChI is InChI=1S/C36H41F4N3O/c1-2-3-22-43-32(33(29-17-9-5-10-18-29)41-34(43)30-19-11-6-12-20-30)26-42(24-27-14-7-4-8-15-27)25-28-16-13-21-31(23-28)44-36(39,40)35(37)38/h5-6,9-13,16-21,23,27,35H,2-4,7-8,14-15,22,24-26H2,1H3. The Morgan fingerprint density at radius 3 is 2.23 bits per heavy atom. The molecule has 4 nitrogen and oxygen atoms in total. The Balaban J connectivity index is 1.54. The van der Waals surface area contributed by atoms with E-state index in [2.05, 4.69) is 45.4 Å². The Hall–Kier alpha value is -3.65. The minimum absolute atomic E-state index is 0.269. The Kier molecular flexibility index (Phi) is 10.7. The van der Waals surface area contributed by atoms with Gasteiger partial charge in [0.05, 0.1) is 11.4 Å². The molecule has 0 unspecified atom stereocenters. The van der Waals surface area contributed by atoms with E-state index < -0.39 is 12.5 Å². The molecule has 234 valence electrons. The van der Waals surface area contributed by atoms with E-state index in [4.69, 9.17) is 4.98 Å². The van der Waals surface area contributed by atoms with Crippen LogP contribution in [0.15, 0.2) is 84.9 Å². The van der Waals surface area contributed by atoms with Gasteiger partial charge in [-0.2, -0.15) is 17.6 Å². The van der Waals surface area contributed by atoms with Crippen LogP contribution in [0.25, 0.3) is 22.6 Å². The number of imidazole rings is 1. The monoisotopic (exact) mass is 607 g/mol. The molecule has 1 aromatic heterocycles. The summed E-state index contributed by atoms with van der Waals surface area (Å²) in [6, 6.07) is 26.6. The Bertz CT molecular complexity index is 1450. The quantitative estimate of drug-likeness (QED) is 0.134. The second-order valence-corrected chi connectivity index (χ2v) is 11.8. The Labute approximate surface area is 257 Å². The fraction of sp³-hybridized carbons (Fsp3) is 0.417. The largest absolute Gasteiger partial charge is 0.461 e. The van der Waals surface area contributed by atoms with E-state index in [0.717, 1.165) is 72.7 Å². The van der Waals surface area contributed by atoms with Crippen molar-refractivity contribution in [3.8, 4) is 28.4 Å². The number of benzene rings is 3. The summed E-state index contributed by atoms with van der Waals surface area (Å²) in [4.78, 5) is 7.61. The third-order valence-electron chi connectivity index (χ3n) is 8.31. The number of nitrogens with zero attached hydrogens (tertiary/aromatic N) is 3. The van der Waals surface area contributed by atoms with Gasteiger partial charge in [-0.25, -0.2) is 4.98 Å². The molecule has 8 heteroatoms. The summed E-state index contributed by atoms with van der Waals surface area (Å²) in [6.07, 6.45) is -0.481. The number of aromatic nitrogens is 2. The molecule has 44 heavy (non-hydrogen) atoms. The number of hydrogen-bond acceptors (Lipinski definition) is 3. The van der Waals surface area contributed by atoms with Crippen LogP contribution in [0.1, 0.15) is 63.1 Å². The zero-order valence-electron chi connectivity index (χ0n) is 25.3. The first-order valence-electron chi connectivity index (χ1n) is 15.7. The van der Waals surface area contributed by atoms with Crippen molar-refractivity contribution >= 4 is 0 Å². The highest BCUT2D eigenvalue weighted by Crippen LogP contribution is 2.33. The fourth-order valence-electron chi connectivity index (χ4n) is 6.14. The third-order valence-corrected chi connectivity index (χ3v) is 8.31. The smallest absolute Gasteiger partial charge is 0.428 e. The molecule has 0 N–H and O–H groups in total. The van der Waals surface area contributed by atoms with Crippen molar-refractivity contribution in [3.63, 3.8) is 0 Å². The first kappa shape index (κ1) is 31.8. The van der Waals surface area contributed by atoms with Gasteiger partial charge in [0, 0.05) is 37.3 Å². The first-order chi connectivity index (χ1) is 21.3. The molecule has 1 saturated carbocycles. The van der Waals surface area contributed by atoms with Crippen molar-refractivity contribution in [3.05, 3.63) is 96.2 Å². The molecular weight excluding hydrogens is 566 g/mol. The molecule has 0 atom stereocenters. The van der Waals surface area contributed by atoms with Gasteiger partial charge in [0.25, 0.3) is 0 Å². The number of halogens is 4. The lowest BCUT2D eigenvalue weighted by Crippen LogP contribution is -2.33. The minimum atomic E-state index is -4.55. The highest BCUT2D eigenvalue weighted by Gasteiger charge is 2.44. The summed E-state index contributed by atoms with van der Waals surface area (Å²) in [5.41, 5.74) is 4.86. The van der Waals surface area contributed by atoms with E-state index in [9.17, 15) is 17.6 Å². The molecule has 3 aromatic carbocycles. The van der Waals surface area contributed by atoms with Crippen LogP contribution in [0.5, 0.6) is 5.75 Å². The molecule has 0 aliphatic heterocycles. The molecule has 0 spiro atoms. The highest BCUT2D eigenvalue weighted by atomic mass is 19.3. The zero-order valence-corrected chi connectivity index (χ0v) is 25.3. The van der Waals surface area contributed by atoms with Crippen LogP contribution in [-0.4, -0.2) is 33.5 Å². The molecule has 0 bridgehead atoms. The van der Waals surface area contributed by atoms with Crippen molar-refractivity contribution in [1.82, 2.24) is 14.5 Å². The van der Waals surface area contributed by atoms with Crippen molar-refractivity contribution in [2.45, 2.75) is 84.0 Å². The van der Waals surface area contributed by atoms with Crippen LogP contribution in [0.3, 0.4) is 0 Å². The number of alkyl halides is 4. The van der Waals surface area contributed by atoms with Crippen LogP contribution < -0.4 is 4.74 Å². The van der Waals surface area contributed by atoms with Crippen LogP contribution in [-0.2, 0) is 19.6 Å². The molecule has 1 fully saturated rings. The summed E-state index contributed by atoms with van der Waals surface area (Å²) < 4.78 is 59.9. The van der Waals surface area contributed by atoms with E-state index >= 15 is 0 Å². The molecule has 1 aliphatic carbocycles. The van der Waals surface area contributed by atoms with Gasteiger partial charge in [-0.1, -0.05) is 105 Å². The molecule has 4 aromatic rings. The van der Waals surface area contributed by atoms with Crippen molar-refractivity contribution < 1.29 is 22.3 Å². The minimum Gasteiger partial charge on any atom is -0.428 e. The van der Waals surface area contributed by atoms with E-state index in [1.54, 1.807) is 6.07 Å². The number of ether oxygens (including phenoxy) is 1. The second-order valence-electron chi connectivity index (χ2n) is 11.8. The predicted octanol–water partition coefficient (Wildman–Crippen LogP) is 9.84. The summed E-state index contributed by atoms with van der Waals surface area (Å²) in [6.45, 7) is 4.90. The van der Waals surface area contributed by atoms with Crippen LogP contribution in [0, 0.1) is 5.92 Å². The van der Waals surface area contributed by atoms with Gasteiger partial charge in [0.2, 0.25) is 0 Å². The maximum absolute atomic E-state index is 13.7. The molecule has 1 heterocycles. The fourth-order valence-corrected chi connectivity index (χ4v) is 6.14. The summed E-state index contributed by atoms with van der Waals surface area (Å²) in [5, 5.41) is 0. The van der Waals surface area contributed by atoms with Gasteiger partial charge in [-0.05, 0) is 42.9 Å². The van der Waals surface area contributed by atoms with Crippen molar-refractivity contribution in [2.24, 2.45) is 5.92 Å². The van der Waals surface area contributed by atoms with E-state index in [0.29, 0.717) is 19.0 Å². The average Bonchev–Trinajstić information content (AvgIpc) is 3.39. The molecule has 5 rings (SSSR count). The second kappa shape index (κ2) is 14.9. The maximum atomic E-state index is 13.7. The number of hydrogen-bond donors (Lipinski definition) is 0. The van der Waals surface area contributed by atoms with E-state index in [1.165, 1.54) is 31.4 Å². The summed E-state index contributed by atoms with van der Waals surface area (Å²) in [7, 11) is 0. The average molecular weight is 608 g/mol. The molecule has 0 amide bonds. The van der Waals surface area contributed by atoms with Crippen LogP contribution >= 0.6 is 0 Å². The summed E-state index contributed by atoms with van der Waals surface area (Å²) >= 11 is 0. The first-order valence-corrected chi connectivity index (χ1v) is 15.7. The third kappa shape index (κ3) is 8.08. The normalized spacial score (nSPS) is 14.4. The lowest BCUT2D eigenvalue weighted by Gasteiger charge is -2.30. The lowest BCUT2D eigenvalue weighted by molar-refractivity contribution is -0.253. The van der Waals surface area contributed by atoms with E-state index in [1.807, 2.05) is 42.5 Å². The zero-order chi connectivity index (χ0) is 30.9. The lowest BCUT2D eigenvalue weighted by atomic mass is 9.89. The van der Waals surface area contributed by atoms with E-state index in [-0.39, 0.29) is 5.75 Å². The maximum Gasteiger partial charge on any atom is 0.461 e. The Morgan fingerprint density at radius 1 is 0.886 bits per heavy atom. The van der Waals surface area contributed by atoms with Crippen LogP contribution in [0.4, 0.5) is 17.6 Å². The van der Waals surface area contributed by atoms with Gasteiger partial charge >= 0.3 is 12.5 Å². The number of unbranched alkanes of at least 4 members (excludes halogenated alkanes) is 1. The van der Waals surface area contributed by atoms with Gasteiger partial charge in [-0.15, -0.1) is 0 Å². The van der Waals surface area contributed by atoms with Crippen LogP contribution in [0.2, 0.25) is 0 Å². The van der Waals surface area contributed by atoms with Gasteiger partial charge in [0.1, 0.15) is 11.6 Å². The topological polar surface area (TPSA) is 30.3 Å². The number of rotatable bonds is 14. The van der Waals surface area contributed by atoms with Crippen molar-refractivity contribution in [1.29, 1.82) is 0 Å². The highest BCUT2D eigenvalue weighted by molar-refractivity contribution is 5.68.